The summed E-state index contributed by atoms with van der Waals surface area (Å²) in [7, 11) is -1.91. The molecular weight excluding hydrogens is 324 g/mol. The largest absolute Gasteiger partial charge is 0.336 e. The van der Waals surface area contributed by atoms with Crippen LogP contribution in [0.1, 0.15) is 22.2 Å². The second-order valence-corrected chi connectivity index (χ2v) is 8.03. The molecular formula is C14H16N2O4S2. The molecule has 6 nitrogen and oxygen atoms in total. The number of H-pyrrole nitrogens is 1. The lowest BCUT2D eigenvalue weighted by Crippen LogP contribution is -2.31. The lowest BCUT2D eigenvalue weighted by molar-refractivity contribution is 0.0784. The smallest absolute Gasteiger partial charge is 0.260 e. The van der Waals surface area contributed by atoms with Crippen molar-refractivity contribution in [1.82, 2.24) is 9.88 Å². The molecule has 0 aromatic carbocycles. The molecule has 0 fully saturated rings. The fourth-order valence-corrected chi connectivity index (χ4v) is 3.51. The van der Waals surface area contributed by atoms with Crippen molar-refractivity contribution in [2.24, 2.45) is 0 Å². The zero-order chi connectivity index (χ0) is 16.3. The first kappa shape index (κ1) is 16.4. The van der Waals surface area contributed by atoms with Gasteiger partial charge < -0.3 is 9.88 Å². The molecule has 0 spiro atoms. The Morgan fingerprint density at radius 1 is 1.41 bits per heavy atom. The van der Waals surface area contributed by atoms with E-state index in [9.17, 15) is 18.0 Å². The molecule has 8 heteroatoms. The van der Waals surface area contributed by atoms with Crippen molar-refractivity contribution in [1.29, 1.82) is 0 Å². The molecule has 0 aliphatic carbocycles. The molecule has 118 valence electrons. The van der Waals surface area contributed by atoms with E-state index >= 15 is 0 Å². The van der Waals surface area contributed by atoms with Gasteiger partial charge in [0.1, 0.15) is 5.56 Å². The Bertz CT molecular complexity index is 823. The van der Waals surface area contributed by atoms with Crippen LogP contribution >= 0.6 is 11.3 Å². The molecule has 0 atom stereocenters. The number of carbonyl (C=O) groups excluding carboxylic acids is 1. The van der Waals surface area contributed by atoms with Crippen molar-refractivity contribution < 1.29 is 13.2 Å². The Balaban J connectivity index is 2.33. The van der Waals surface area contributed by atoms with Crippen molar-refractivity contribution >= 4 is 27.1 Å². The molecule has 2 rings (SSSR count). The van der Waals surface area contributed by atoms with E-state index in [0.717, 1.165) is 17.1 Å². The quantitative estimate of drug-likeness (QED) is 0.893. The molecule has 0 saturated carbocycles. The predicted octanol–water partition coefficient (Wildman–Crippen LogP) is 1.50. The van der Waals surface area contributed by atoms with Gasteiger partial charge in [0.15, 0.2) is 9.84 Å². The van der Waals surface area contributed by atoms with Gasteiger partial charge in [-0.15, -0.1) is 11.3 Å². The highest BCUT2D eigenvalue weighted by Gasteiger charge is 2.20. The molecule has 2 aromatic heterocycles. The number of rotatable bonds is 5. The lowest BCUT2D eigenvalue weighted by Gasteiger charge is -2.16. The standard InChI is InChI=1S/C14H16N2O4S2/c1-3-22(19,20)11-7-12(13(17)15-8-11)14(18)16(2)9-10-5-4-6-21-10/h4-8H,3,9H2,1-2H3,(H,15,17). The number of sulfone groups is 1. The van der Waals surface area contributed by atoms with Crippen LogP contribution in [0.15, 0.2) is 39.5 Å². The third kappa shape index (κ3) is 3.45. The van der Waals surface area contributed by atoms with Crippen LogP contribution in [0.25, 0.3) is 0 Å². The highest BCUT2D eigenvalue weighted by Crippen LogP contribution is 2.14. The Labute approximate surface area is 132 Å². The van der Waals surface area contributed by atoms with Crippen molar-refractivity contribution in [2.45, 2.75) is 18.4 Å². The topological polar surface area (TPSA) is 87.3 Å². The van der Waals surface area contributed by atoms with Crippen molar-refractivity contribution in [3.63, 3.8) is 0 Å². The summed E-state index contributed by atoms with van der Waals surface area (Å²) in [5, 5.41) is 1.90. The highest BCUT2D eigenvalue weighted by atomic mass is 32.2. The molecule has 0 unspecified atom stereocenters. The van der Waals surface area contributed by atoms with Crippen molar-refractivity contribution in [2.75, 3.05) is 12.8 Å². The van der Waals surface area contributed by atoms with Gasteiger partial charge in [0, 0.05) is 18.1 Å². The molecule has 1 amide bonds. The Hall–Kier alpha value is -1.93. The molecule has 0 bridgehead atoms. The minimum atomic E-state index is -3.49. The van der Waals surface area contributed by atoms with Crippen LogP contribution in [0.5, 0.6) is 0 Å². The van der Waals surface area contributed by atoms with Crippen LogP contribution < -0.4 is 5.56 Å². The lowest BCUT2D eigenvalue weighted by atomic mass is 10.2. The van der Waals surface area contributed by atoms with Crippen LogP contribution in [0, 0.1) is 0 Å². The normalized spacial score (nSPS) is 11.4. The van der Waals surface area contributed by atoms with E-state index < -0.39 is 21.3 Å². The number of aromatic amines is 1. The zero-order valence-electron chi connectivity index (χ0n) is 12.2. The monoisotopic (exact) mass is 340 g/mol. The number of thiophene rings is 1. The van der Waals surface area contributed by atoms with Crippen molar-refractivity contribution in [3.8, 4) is 0 Å². The number of hydrogen-bond acceptors (Lipinski definition) is 5. The van der Waals surface area contributed by atoms with Crippen LogP contribution in [0.3, 0.4) is 0 Å². The molecule has 2 aromatic rings. The predicted molar refractivity (Wildman–Crippen MR) is 84.9 cm³/mol. The average molecular weight is 340 g/mol. The van der Waals surface area contributed by atoms with Gasteiger partial charge in [0.25, 0.3) is 11.5 Å². The SMILES string of the molecule is CCS(=O)(=O)c1c[nH]c(=O)c(C(=O)N(C)Cc2cccs2)c1. The van der Waals surface area contributed by atoms with E-state index in [1.54, 1.807) is 7.05 Å². The first-order valence-electron chi connectivity index (χ1n) is 6.58. The van der Waals surface area contributed by atoms with E-state index in [0.29, 0.717) is 6.54 Å². The van der Waals surface area contributed by atoms with Crippen LogP contribution in [0.4, 0.5) is 0 Å². The van der Waals surface area contributed by atoms with Gasteiger partial charge in [-0.3, -0.25) is 9.59 Å². The van der Waals surface area contributed by atoms with Gasteiger partial charge in [-0.2, -0.15) is 0 Å². The van der Waals surface area contributed by atoms with Gasteiger partial charge >= 0.3 is 0 Å². The number of carbonyl (C=O) groups is 1. The summed E-state index contributed by atoms with van der Waals surface area (Å²) in [6.07, 6.45) is 1.12. The summed E-state index contributed by atoms with van der Waals surface area (Å²) in [5.41, 5.74) is -0.772. The Kier molecular flexibility index (Phi) is 4.82. The summed E-state index contributed by atoms with van der Waals surface area (Å²) < 4.78 is 23.7. The average Bonchev–Trinajstić information content (AvgIpc) is 2.99. The Morgan fingerprint density at radius 2 is 2.14 bits per heavy atom. The highest BCUT2D eigenvalue weighted by molar-refractivity contribution is 7.91. The Morgan fingerprint density at radius 3 is 2.73 bits per heavy atom. The van der Waals surface area contributed by atoms with Gasteiger partial charge in [0.05, 0.1) is 17.2 Å². The van der Waals surface area contributed by atoms with Gasteiger partial charge in [-0.1, -0.05) is 13.0 Å². The van der Waals surface area contributed by atoms with Crippen molar-refractivity contribution in [3.05, 3.63) is 50.6 Å². The van der Waals surface area contributed by atoms with Crippen LogP contribution in [-0.2, 0) is 16.4 Å². The zero-order valence-corrected chi connectivity index (χ0v) is 13.8. The molecule has 0 radical (unpaired) electrons. The van der Waals surface area contributed by atoms with Gasteiger partial charge in [-0.05, 0) is 17.5 Å². The van der Waals surface area contributed by atoms with E-state index in [1.165, 1.54) is 23.2 Å². The third-order valence-electron chi connectivity index (χ3n) is 3.17. The second-order valence-electron chi connectivity index (χ2n) is 4.72. The van der Waals surface area contributed by atoms with Crippen LogP contribution in [-0.4, -0.2) is 37.0 Å². The second kappa shape index (κ2) is 6.45. The summed E-state index contributed by atoms with van der Waals surface area (Å²) in [5.74, 6) is -0.611. The van der Waals surface area contributed by atoms with E-state index in [-0.39, 0.29) is 16.2 Å². The van der Waals surface area contributed by atoms with Gasteiger partial charge in [-0.25, -0.2) is 8.42 Å². The number of nitrogens with zero attached hydrogens (tertiary/aromatic N) is 1. The van der Waals surface area contributed by atoms with E-state index in [1.807, 2.05) is 17.5 Å². The summed E-state index contributed by atoms with van der Waals surface area (Å²) >= 11 is 1.50. The number of pyridine rings is 1. The molecule has 1 N–H and O–H groups in total. The molecule has 2 heterocycles. The molecule has 0 saturated heterocycles. The van der Waals surface area contributed by atoms with E-state index in [4.69, 9.17) is 0 Å². The first-order valence-corrected chi connectivity index (χ1v) is 9.11. The number of hydrogen-bond donors (Lipinski definition) is 1. The van der Waals surface area contributed by atoms with Gasteiger partial charge in [0.2, 0.25) is 0 Å². The fourth-order valence-electron chi connectivity index (χ4n) is 1.88. The number of aromatic nitrogens is 1. The summed E-state index contributed by atoms with van der Waals surface area (Å²) in [4.78, 5) is 28.8. The fraction of sp³-hybridized carbons (Fsp3) is 0.286. The maximum atomic E-state index is 12.4. The minimum Gasteiger partial charge on any atom is -0.336 e. The minimum absolute atomic E-state index is 0.0533. The number of amides is 1. The number of nitrogens with one attached hydrogen (secondary N) is 1. The maximum Gasteiger partial charge on any atom is 0.260 e. The summed E-state index contributed by atoms with van der Waals surface area (Å²) in [6.45, 7) is 1.87. The molecule has 22 heavy (non-hydrogen) atoms. The maximum absolute atomic E-state index is 12.4. The van der Waals surface area contributed by atoms with Crippen LogP contribution in [0.2, 0.25) is 0 Å². The molecule has 0 aliphatic heterocycles. The molecule has 0 aliphatic rings. The summed E-state index contributed by atoms with van der Waals surface area (Å²) in [6, 6.07) is 4.90. The van der Waals surface area contributed by atoms with E-state index in [2.05, 4.69) is 4.98 Å². The first-order chi connectivity index (χ1) is 10.3. The third-order valence-corrected chi connectivity index (χ3v) is 5.74.